The van der Waals surface area contributed by atoms with Crippen LogP contribution in [0.25, 0.3) is 0 Å². The number of hydrogen-bond acceptors (Lipinski definition) is 2. The number of carbonyl (C=O) groups is 2. The van der Waals surface area contributed by atoms with Crippen LogP contribution in [0.3, 0.4) is 0 Å². The lowest BCUT2D eigenvalue weighted by molar-refractivity contribution is -0.129. The van der Waals surface area contributed by atoms with E-state index in [2.05, 4.69) is 5.32 Å². The van der Waals surface area contributed by atoms with Crippen molar-refractivity contribution in [3.63, 3.8) is 0 Å². The molecule has 1 rings (SSSR count). The van der Waals surface area contributed by atoms with Gasteiger partial charge in [0.15, 0.2) is 0 Å². The van der Waals surface area contributed by atoms with Gasteiger partial charge in [-0.15, -0.1) is 0 Å². The average molecular weight is 297 g/mol. The molecule has 0 aliphatic carbocycles. The van der Waals surface area contributed by atoms with Crippen LogP contribution in [0.2, 0.25) is 5.02 Å². The van der Waals surface area contributed by atoms with Gasteiger partial charge in [0, 0.05) is 37.1 Å². The van der Waals surface area contributed by atoms with Crippen LogP contribution in [0.5, 0.6) is 0 Å². The number of nitrogens with one attached hydrogen (secondary N) is 1. The molecule has 0 radical (unpaired) electrons. The summed E-state index contributed by atoms with van der Waals surface area (Å²) in [6.07, 6.45) is 1.18. The number of halogens is 1. The first-order valence-electron chi connectivity index (χ1n) is 6.75. The highest BCUT2D eigenvalue weighted by atomic mass is 35.5. The second kappa shape index (κ2) is 7.90. The molecule has 110 valence electrons. The van der Waals surface area contributed by atoms with Gasteiger partial charge in [-0.1, -0.05) is 18.5 Å². The van der Waals surface area contributed by atoms with Crippen LogP contribution in [-0.4, -0.2) is 29.8 Å². The second-order valence-electron chi connectivity index (χ2n) is 4.76. The van der Waals surface area contributed by atoms with Crippen molar-refractivity contribution in [2.75, 3.05) is 18.4 Å². The van der Waals surface area contributed by atoms with Gasteiger partial charge < -0.3 is 10.2 Å². The number of hydrogen-bond donors (Lipinski definition) is 1. The van der Waals surface area contributed by atoms with Crippen molar-refractivity contribution in [3.05, 3.63) is 28.8 Å². The molecule has 0 aliphatic heterocycles. The summed E-state index contributed by atoms with van der Waals surface area (Å²) in [7, 11) is 0. The minimum absolute atomic E-state index is 0.00215. The Balaban J connectivity index is 2.53. The summed E-state index contributed by atoms with van der Waals surface area (Å²) < 4.78 is 0. The molecular formula is C15H21ClN2O2. The number of aryl methyl sites for hydroxylation is 1. The van der Waals surface area contributed by atoms with Crippen molar-refractivity contribution in [1.82, 2.24) is 4.90 Å². The molecule has 1 aromatic carbocycles. The molecule has 2 amide bonds. The highest BCUT2D eigenvalue weighted by molar-refractivity contribution is 6.30. The Kier molecular flexibility index (Phi) is 6.52. The van der Waals surface area contributed by atoms with Gasteiger partial charge in [-0.25, -0.2) is 0 Å². The zero-order valence-corrected chi connectivity index (χ0v) is 13.0. The molecule has 0 fully saturated rings. The minimum Gasteiger partial charge on any atom is -0.342 e. The van der Waals surface area contributed by atoms with E-state index in [0.717, 1.165) is 17.7 Å². The lowest BCUT2D eigenvalue weighted by atomic mass is 10.2. The summed E-state index contributed by atoms with van der Waals surface area (Å²) >= 11 is 5.87. The van der Waals surface area contributed by atoms with Gasteiger partial charge in [0.05, 0.1) is 0 Å². The lowest BCUT2D eigenvalue weighted by Gasteiger charge is -2.20. The summed E-state index contributed by atoms with van der Waals surface area (Å²) in [5.74, 6) is -0.0971. The van der Waals surface area contributed by atoms with Gasteiger partial charge in [-0.3, -0.25) is 9.59 Å². The monoisotopic (exact) mass is 296 g/mol. The molecule has 0 aliphatic rings. The van der Waals surface area contributed by atoms with Gasteiger partial charge in [0.1, 0.15) is 0 Å². The molecule has 0 bridgehead atoms. The van der Waals surface area contributed by atoms with E-state index in [-0.39, 0.29) is 11.8 Å². The molecule has 0 saturated carbocycles. The smallest absolute Gasteiger partial charge is 0.226 e. The van der Waals surface area contributed by atoms with E-state index in [4.69, 9.17) is 11.6 Å². The first-order chi connectivity index (χ1) is 9.43. The van der Waals surface area contributed by atoms with Crippen LogP contribution in [0.15, 0.2) is 18.2 Å². The molecule has 20 heavy (non-hydrogen) atoms. The van der Waals surface area contributed by atoms with E-state index in [1.165, 1.54) is 6.92 Å². The maximum Gasteiger partial charge on any atom is 0.226 e. The van der Waals surface area contributed by atoms with Crippen molar-refractivity contribution in [2.24, 2.45) is 0 Å². The van der Waals surface area contributed by atoms with Gasteiger partial charge >= 0.3 is 0 Å². The Morgan fingerprint density at radius 1 is 1.30 bits per heavy atom. The van der Waals surface area contributed by atoms with E-state index in [1.807, 2.05) is 13.8 Å². The molecule has 0 unspecified atom stereocenters. The number of anilines is 1. The molecule has 4 nitrogen and oxygen atoms in total. The Labute approximate surface area is 125 Å². The molecule has 0 saturated heterocycles. The van der Waals surface area contributed by atoms with Crippen LogP contribution in [0.4, 0.5) is 5.69 Å². The van der Waals surface area contributed by atoms with E-state index in [1.54, 1.807) is 23.1 Å². The Hall–Kier alpha value is -1.55. The number of nitrogens with zero attached hydrogens (tertiary/aromatic N) is 1. The molecule has 5 heteroatoms. The van der Waals surface area contributed by atoms with E-state index >= 15 is 0 Å². The fourth-order valence-electron chi connectivity index (χ4n) is 1.91. The van der Waals surface area contributed by atoms with Gasteiger partial charge in [0.25, 0.3) is 0 Å². The Bertz CT molecular complexity index is 489. The largest absolute Gasteiger partial charge is 0.342 e. The van der Waals surface area contributed by atoms with E-state index in [0.29, 0.717) is 24.5 Å². The zero-order valence-electron chi connectivity index (χ0n) is 12.2. The standard InChI is InChI=1S/C15H21ClN2O2/c1-4-8-18(12(3)19)9-7-15(20)17-14-6-5-13(16)10-11(14)2/h5-6,10H,4,7-9H2,1-3H3,(H,17,20). The van der Waals surface area contributed by atoms with Crippen LogP contribution in [-0.2, 0) is 9.59 Å². The SMILES string of the molecule is CCCN(CCC(=O)Nc1ccc(Cl)cc1C)C(C)=O. The summed E-state index contributed by atoms with van der Waals surface area (Å²) in [6, 6.07) is 5.32. The number of carbonyl (C=O) groups excluding carboxylic acids is 2. The first kappa shape index (κ1) is 16.5. The third kappa shape index (κ3) is 5.21. The molecule has 0 aromatic heterocycles. The normalized spacial score (nSPS) is 10.2. The summed E-state index contributed by atoms with van der Waals surface area (Å²) in [5, 5.41) is 3.48. The summed E-state index contributed by atoms with van der Waals surface area (Å²) in [6.45, 7) is 6.55. The molecule has 0 spiro atoms. The molecule has 0 heterocycles. The maximum atomic E-state index is 11.9. The highest BCUT2D eigenvalue weighted by Gasteiger charge is 2.11. The minimum atomic E-state index is -0.0993. The van der Waals surface area contributed by atoms with Crippen LogP contribution >= 0.6 is 11.6 Å². The van der Waals surface area contributed by atoms with E-state index in [9.17, 15) is 9.59 Å². The van der Waals surface area contributed by atoms with Crippen molar-refractivity contribution >= 4 is 29.1 Å². The highest BCUT2D eigenvalue weighted by Crippen LogP contribution is 2.19. The second-order valence-corrected chi connectivity index (χ2v) is 5.20. The maximum absolute atomic E-state index is 11.9. The fourth-order valence-corrected chi connectivity index (χ4v) is 2.14. The van der Waals surface area contributed by atoms with Crippen molar-refractivity contribution in [2.45, 2.75) is 33.6 Å². The Morgan fingerprint density at radius 2 is 2.00 bits per heavy atom. The Morgan fingerprint density at radius 3 is 2.55 bits per heavy atom. The third-order valence-corrected chi connectivity index (χ3v) is 3.25. The van der Waals surface area contributed by atoms with Gasteiger partial charge in [0.2, 0.25) is 11.8 Å². The fraction of sp³-hybridized carbons (Fsp3) is 0.467. The van der Waals surface area contributed by atoms with E-state index < -0.39 is 0 Å². The topological polar surface area (TPSA) is 49.4 Å². The van der Waals surface area contributed by atoms with Crippen molar-refractivity contribution in [1.29, 1.82) is 0 Å². The summed E-state index contributed by atoms with van der Waals surface area (Å²) in [5.41, 5.74) is 1.67. The quantitative estimate of drug-likeness (QED) is 0.876. The van der Waals surface area contributed by atoms with Crippen LogP contribution in [0.1, 0.15) is 32.3 Å². The van der Waals surface area contributed by atoms with Gasteiger partial charge in [-0.2, -0.15) is 0 Å². The van der Waals surface area contributed by atoms with Crippen LogP contribution < -0.4 is 5.32 Å². The van der Waals surface area contributed by atoms with Crippen molar-refractivity contribution < 1.29 is 9.59 Å². The van der Waals surface area contributed by atoms with Crippen LogP contribution in [0, 0.1) is 6.92 Å². The number of amides is 2. The third-order valence-electron chi connectivity index (χ3n) is 3.01. The molecular weight excluding hydrogens is 276 g/mol. The van der Waals surface area contributed by atoms with Gasteiger partial charge in [-0.05, 0) is 37.1 Å². The number of benzene rings is 1. The predicted octanol–water partition coefficient (Wildman–Crippen LogP) is 3.24. The van der Waals surface area contributed by atoms with Crippen molar-refractivity contribution in [3.8, 4) is 0 Å². The lowest BCUT2D eigenvalue weighted by Crippen LogP contribution is -2.32. The first-order valence-corrected chi connectivity index (χ1v) is 7.13. The molecule has 0 atom stereocenters. The average Bonchev–Trinajstić information content (AvgIpc) is 2.37. The molecule has 1 N–H and O–H groups in total. The number of rotatable bonds is 6. The predicted molar refractivity (Wildman–Crippen MR) is 82.0 cm³/mol. The zero-order chi connectivity index (χ0) is 15.1. The summed E-state index contributed by atoms with van der Waals surface area (Å²) in [4.78, 5) is 25.0. The molecule has 1 aromatic rings.